The van der Waals surface area contributed by atoms with Crippen LogP contribution in [-0.2, 0) is 20.9 Å². The van der Waals surface area contributed by atoms with E-state index in [0.717, 1.165) is 24.8 Å². The fraction of sp³-hybridized carbons (Fsp3) is 0.550. The van der Waals surface area contributed by atoms with Crippen molar-refractivity contribution in [2.75, 3.05) is 20.3 Å². The highest BCUT2D eigenvalue weighted by Crippen LogP contribution is 2.33. The lowest BCUT2D eigenvalue weighted by Gasteiger charge is -2.31. The largest absolute Gasteiger partial charge is 0.469 e. The topological polar surface area (TPSA) is 79.0 Å². The molecule has 1 aliphatic carbocycles. The monoisotopic (exact) mass is 373 g/mol. The number of rotatable bonds is 7. The van der Waals surface area contributed by atoms with Crippen LogP contribution in [-0.4, -0.2) is 53.6 Å². The quantitative estimate of drug-likeness (QED) is 0.586. The normalized spacial score (nSPS) is 18.8. The van der Waals surface area contributed by atoms with Crippen molar-refractivity contribution in [3.05, 3.63) is 35.9 Å². The van der Waals surface area contributed by atoms with Crippen LogP contribution in [0.15, 0.2) is 30.3 Å². The summed E-state index contributed by atoms with van der Waals surface area (Å²) in [6, 6.07) is 9.46. The van der Waals surface area contributed by atoms with Crippen molar-refractivity contribution in [2.24, 2.45) is 0 Å². The number of methoxy groups -OCH3 is 1. The van der Waals surface area contributed by atoms with Crippen molar-refractivity contribution in [1.82, 2.24) is 15.1 Å². The molecule has 146 valence electrons. The van der Waals surface area contributed by atoms with Gasteiger partial charge in [0.1, 0.15) is 5.54 Å². The Morgan fingerprint density at radius 3 is 2.56 bits per heavy atom. The number of nitrogens with zero attached hydrogens (tertiary/aromatic N) is 2. The van der Waals surface area contributed by atoms with Crippen LogP contribution in [0, 0.1) is 0 Å². The highest BCUT2D eigenvalue weighted by atomic mass is 16.5. The van der Waals surface area contributed by atoms with Gasteiger partial charge >= 0.3 is 12.0 Å². The number of nitrogens with one attached hydrogen (secondary N) is 1. The van der Waals surface area contributed by atoms with Crippen molar-refractivity contribution in [3.8, 4) is 0 Å². The first kappa shape index (κ1) is 19.4. The van der Waals surface area contributed by atoms with E-state index in [9.17, 15) is 14.4 Å². The Labute approximate surface area is 159 Å². The Kier molecular flexibility index (Phi) is 6.11. The van der Waals surface area contributed by atoms with Crippen LogP contribution in [0.2, 0.25) is 0 Å². The maximum absolute atomic E-state index is 13.0. The Bertz CT molecular complexity index is 686. The lowest BCUT2D eigenvalue weighted by molar-refractivity contribution is -0.141. The van der Waals surface area contributed by atoms with Crippen molar-refractivity contribution >= 4 is 17.9 Å². The van der Waals surface area contributed by atoms with E-state index in [1.54, 1.807) is 0 Å². The molecule has 0 atom stereocenters. The van der Waals surface area contributed by atoms with Gasteiger partial charge in [-0.05, 0) is 18.4 Å². The molecule has 2 fully saturated rings. The maximum atomic E-state index is 13.0. The number of amides is 3. The molecule has 1 aromatic rings. The van der Waals surface area contributed by atoms with Gasteiger partial charge in [-0.15, -0.1) is 0 Å². The second-order valence-corrected chi connectivity index (χ2v) is 7.31. The number of carbonyl (C=O) groups excluding carboxylic acids is 3. The average Bonchev–Trinajstić information content (AvgIpc) is 2.91. The maximum Gasteiger partial charge on any atom is 0.326 e. The van der Waals surface area contributed by atoms with Gasteiger partial charge in [0.15, 0.2) is 0 Å². The molecule has 0 unspecified atom stereocenters. The molecule has 3 amide bonds. The number of ether oxygens (including phenoxy) is 1. The summed E-state index contributed by atoms with van der Waals surface area (Å²) in [5.41, 5.74) is 0.331. The molecule has 7 nitrogen and oxygen atoms in total. The number of esters is 1. The second kappa shape index (κ2) is 8.52. The van der Waals surface area contributed by atoms with Crippen molar-refractivity contribution in [1.29, 1.82) is 0 Å². The summed E-state index contributed by atoms with van der Waals surface area (Å²) in [6.07, 6.45) is 4.62. The SMILES string of the molecule is COC(=O)CCN(Cc1ccccc1)CN1C(=O)NC2(CCCCC2)C1=O. The van der Waals surface area contributed by atoms with Crippen LogP contribution in [0.1, 0.15) is 44.1 Å². The predicted molar refractivity (Wildman–Crippen MR) is 99.5 cm³/mol. The average molecular weight is 373 g/mol. The summed E-state index contributed by atoms with van der Waals surface area (Å²) >= 11 is 0. The molecule has 1 spiro atoms. The molecule has 1 saturated heterocycles. The first-order valence-corrected chi connectivity index (χ1v) is 9.51. The van der Waals surface area contributed by atoms with Crippen LogP contribution in [0.5, 0.6) is 0 Å². The first-order chi connectivity index (χ1) is 13.0. The van der Waals surface area contributed by atoms with Gasteiger partial charge in [-0.2, -0.15) is 0 Å². The van der Waals surface area contributed by atoms with Gasteiger partial charge < -0.3 is 10.1 Å². The molecule has 1 aromatic carbocycles. The van der Waals surface area contributed by atoms with E-state index in [1.165, 1.54) is 12.0 Å². The molecule has 1 aliphatic heterocycles. The van der Waals surface area contributed by atoms with E-state index in [0.29, 0.717) is 25.9 Å². The standard InChI is InChI=1S/C20H27N3O4/c1-27-17(24)10-13-22(14-16-8-4-2-5-9-16)15-23-18(25)20(21-19(23)26)11-6-3-7-12-20/h2,4-5,8-9H,3,6-7,10-15H2,1H3,(H,21,26). The Balaban J connectivity index is 1.71. The van der Waals surface area contributed by atoms with Gasteiger partial charge in [0, 0.05) is 13.1 Å². The minimum atomic E-state index is -0.726. The smallest absolute Gasteiger partial charge is 0.326 e. The summed E-state index contributed by atoms with van der Waals surface area (Å²) < 4.78 is 4.73. The van der Waals surface area contributed by atoms with Crippen LogP contribution in [0.25, 0.3) is 0 Å². The summed E-state index contributed by atoms with van der Waals surface area (Å²) in [5.74, 6) is -0.447. The van der Waals surface area contributed by atoms with Gasteiger partial charge in [-0.3, -0.25) is 14.5 Å². The molecule has 3 rings (SSSR count). The van der Waals surface area contributed by atoms with Crippen LogP contribution >= 0.6 is 0 Å². The van der Waals surface area contributed by atoms with Gasteiger partial charge in [-0.1, -0.05) is 49.6 Å². The number of imide groups is 1. The molecule has 2 aliphatic rings. The first-order valence-electron chi connectivity index (χ1n) is 9.51. The van der Waals surface area contributed by atoms with E-state index in [1.807, 2.05) is 35.2 Å². The molecule has 7 heteroatoms. The lowest BCUT2D eigenvalue weighted by atomic mass is 9.82. The number of urea groups is 1. The van der Waals surface area contributed by atoms with E-state index < -0.39 is 5.54 Å². The lowest BCUT2D eigenvalue weighted by Crippen LogP contribution is -2.49. The van der Waals surface area contributed by atoms with Gasteiger partial charge in [0.05, 0.1) is 20.2 Å². The predicted octanol–water partition coefficient (Wildman–Crippen LogP) is 2.26. The zero-order valence-corrected chi connectivity index (χ0v) is 15.8. The number of benzene rings is 1. The van der Waals surface area contributed by atoms with Crippen molar-refractivity contribution < 1.29 is 19.1 Å². The summed E-state index contributed by atoms with van der Waals surface area (Å²) in [5, 5.41) is 2.93. The molecule has 0 radical (unpaired) electrons. The molecule has 1 N–H and O–H groups in total. The number of carbonyl (C=O) groups is 3. The van der Waals surface area contributed by atoms with Gasteiger partial charge in [0.25, 0.3) is 5.91 Å². The third-order valence-corrected chi connectivity index (χ3v) is 5.40. The Hall–Kier alpha value is -2.41. The van der Waals surface area contributed by atoms with Crippen LogP contribution in [0.3, 0.4) is 0 Å². The Morgan fingerprint density at radius 2 is 1.89 bits per heavy atom. The van der Waals surface area contributed by atoms with E-state index in [2.05, 4.69) is 5.32 Å². The van der Waals surface area contributed by atoms with Crippen molar-refractivity contribution in [2.45, 2.75) is 50.6 Å². The molecule has 1 saturated carbocycles. The highest BCUT2D eigenvalue weighted by molar-refractivity contribution is 6.07. The third-order valence-electron chi connectivity index (χ3n) is 5.40. The van der Waals surface area contributed by atoms with Crippen LogP contribution < -0.4 is 5.32 Å². The summed E-state index contributed by atoms with van der Waals surface area (Å²) in [4.78, 5) is 40.3. The second-order valence-electron chi connectivity index (χ2n) is 7.31. The van der Waals surface area contributed by atoms with Gasteiger partial charge in [0.2, 0.25) is 0 Å². The zero-order chi connectivity index (χ0) is 19.3. The van der Waals surface area contributed by atoms with Crippen LogP contribution in [0.4, 0.5) is 4.79 Å². The molecular formula is C20H27N3O4. The fourth-order valence-electron chi connectivity index (χ4n) is 3.89. The molecule has 1 heterocycles. The Morgan fingerprint density at radius 1 is 1.19 bits per heavy atom. The molecule has 0 aromatic heterocycles. The minimum Gasteiger partial charge on any atom is -0.469 e. The zero-order valence-electron chi connectivity index (χ0n) is 15.8. The number of hydrogen-bond donors (Lipinski definition) is 1. The molecule has 27 heavy (non-hydrogen) atoms. The summed E-state index contributed by atoms with van der Waals surface area (Å²) in [7, 11) is 1.36. The van der Waals surface area contributed by atoms with E-state index in [4.69, 9.17) is 4.74 Å². The fourth-order valence-corrected chi connectivity index (χ4v) is 3.89. The molecule has 0 bridgehead atoms. The van der Waals surface area contributed by atoms with E-state index in [-0.39, 0.29) is 31.0 Å². The van der Waals surface area contributed by atoms with Crippen molar-refractivity contribution in [3.63, 3.8) is 0 Å². The number of hydrogen-bond acceptors (Lipinski definition) is 5. The summed E-state index contributed by atoms with van der Waals surface area (Å²) in [6.45, 7) is 1.12. The molecular weight excluding hydrogens is 346 g/mol. The minimum absolute atomic E-state index is 0.136. The van der Waals surface area contributed by atoms with Gasteiger partial charge in [-0.25, -0.2) is 9.69 Å². The third kappa shape index (κ3) is 4.47. The highest BCUT2D eigenvalue weighted by Gasteiger charge is 2.51. The van der Waals surface area contributed by atoms with E-state index >= 15 is 0 Å².